The molecule has 0 bridgehead atoms. The molecule has 0 saturated carbocycles. The predicted octanol–water partition coefficient (Wildman–Crippen LogP) is 3.06. The number of hydrogen-bond acceptors (Lipinski definition) is 4. The quantitative estimate of drug-likeness (QED) is 0.668. The second-order valence-corrected chi connectivity index (χ2v) is 10.7. The van der Waals surface area contributed by atoms with E-state index in [-0.39, 0.29) is 53.9 Å². The Labute approximate surface area is 190 Å². The molecule has 2 amide bonds. The van der Waals surface area contributed by atoms with Crippen molar-refractivity contribution in [3.8, 4) is 0 Å². The first-order valence-corrected chi connectivity index (χ1v) is 12.3. The van der Waals surface area contributed by atoms with Crippen LogP contribution >= 0.6 is 0 Å². The Morgan fingerprint density at radius 2 is 1.69 bits per heavy atom. The second-order valence-electron chi connectivity index (χ2n) is 8.73. The molecule has 2 N–H and O–H groups in total. The maximum Gasteiger partial charge on any atom is 0.251 e. The molecule has 0 aromatic heterocycles. The Hall–Kier alpha value is -2.71. The van der Waals surface area contributed by atoms with Gasteiger partial charge in [0.15, 0.2) is 0 Å². The fourth-order valence-electron chi connectivity index (χ4n) is 3.71. The molecule has 3 rings (SSSR count). The highest BCUT2D eigenvalue weighted by molar-refractivity contribution is 7.89. The van der Waals surface area contributed by atoms with E-state index in [1.54, 1.807) is 12.1 Å². The van der Waals surface area contributed by atoms with Gasteiger partial charge in [-0.15, -0.1) is 0 Å². The van der Waals surface area contributed by atoms with Gasteiger partial charge in [0.05, 0.1) is 17.5 Å². The highest BCUT2D eigenvalue weighted by Crippen LogP contribution is 2.25. The normalized spacial score (nSPS) is 16.1. The maximum atomic E-state index is 13.0. The summed E-state index contributed by atoms with van der Waals surface area (Å²) >= 11 is 0. The molecule has 32 heavy (non-hydrogen) atoms. The largest absolute Gasteiger partial charge is 0.354 e. The fourth-order valence-corrected chi connectivity index (χ4v) is 5.16. The summed E-state index contributed by atoms with van der Waals surface area (Å²) in [6.45, 7) is 8.58. The zero-order chi connectivity index (χ0) is 23.5. The molecule has 1 heterocycles. The Bertz CT molecular complexity index is 1080. The van der Waals surface area contributed by atoms with Gasteiger partial charge in [0.2, 0.25) is 15.9 Å². The minimum absolute atomic E-state index is 0.00207. The van der Waals surface area contributed by atoms with Crippen molar-refractivity contribution in [1.29, 1.82) is 0 Å². The van der Waals surface area contributed by atoms with Gasteiger partial charge in [0.1, 0.15) is 0 Å². The molecule has 8 heteroatoms. The molecule has 1 atom stereocenters. The first-order chi connectivity index (χ1) is 15.1. The molecule has 0 aliphatic carbocycles. The average molecular weight is 458 g/mol. The Morgan fingerprint density at radius 3 is 2.28 bits per heavy atom. The van der Waals surface area contributed by atoms with Crippen LogP contribution < -0.4 is 10.6 Å². The number of hydrogen-bond donors (Lipinski definition) is 2. The summed E-state index contributed by atoms with van der Waals surface area (Å²) in [4.78, 5) is 24.7. The smallest absolute Gasteiger partial charge is 0.251 e. The van der Waals surface area contributed by atoms with Crippen LogP contribution in [0, 0.1) is 5.92 Å². The Morgan fingerprint density at radius 1 is 1.03 bits per heavy atom. The molecule has 0 radical (unpaired) electrons. The third-order valence-electron chi connectivity index (χ3n) is 5.65. The lowest BCUT2D eigenvalue weighted by Gasteiger charge is -2.26. The van der Waals surface area contributed by atoms with Crippen LogP contribution in [0.4, 0.5) is 0 Å². The number of nitrogens with zero attached hydrogens (tertiary/aromatic N) is 1. The first kappa shape index (κ1) is 23.9. The summed E-state index contributed by atoms with van der Waals surface area (Å²) in [5.74, 6) is -0.114. The van der Waals surface area contributed by atoms with E-state index >= 15 is 0 Å². The summed E-state index contributed by atoms with van der Waals surface area (Å²) in [6, 6.07) is 14.0. The SMILES string of the molecule is CC(C)c1ccc(C(NC(=O)c2cccc(S(=O)(=O)N3CCNC(=O)C3)c2)C(C)C)cc1. The van der Waals surface area contributed by atoms with E-state index < -0.39 is 10.0 Å². The van der Waals surface area contributed by atoms with Crippen molar-refractivity contribution in [3.05, 3.63) is 65.2 Å². The average Bonchev–Trinajstić information content (AvgIpc) is 2.77. The molecule has 1 aliphatic rings. The summed E-state index contributed by atoms with van der Waals surface area (Å²) < 4.78 is 27.1. The lowest BCUT2D eigenvalue weighted by Crippen LogP contribution is -2.49. The summed E-state index contributed by atoms with van der Waals surface area (Å²) in [5.41, 5.74) is 2.49. The third kappa shape index (κ3) is 5.37. The third-order valence-corrected chi connectivity index (χ3v) is 7.49. The zero-order valence-electron chi connectivity index (χ0n) is 19.0. The molecular weight excluding hydrogens is 426 g/mol. The molecule has 1 aliphatic heterocycles. The Kier molecular flexibility index (Phi) is 7.36. The van der Waals surface area contributed by atoms with Crippen LogP contribution in [-0.2, 0) is 14.8 Å². The number of nitrogens with one attached hydrogen (secondary N) is 2. The van der Waals surface area contributed by atoms with Crippen molar-refractivity contribution in [1.82, 2.24) is 14.9 Å². The lowest BCUT2D eigenvalue weighted by atomic mass is 9.93. The van der Waals surface area contributed by atoms with Crippen molar-refractivity contribution < 1.29 is 18.0 Å². The van der Waals surface area contributed by atoms with E-state index in [1.807, 2.05) is 26.0 Å². The van der Waals surface area contributed by atoms with Crippen molar-refractivity contribution in [2.75, 3.05) is 19.6 Å². The zero-order valence-corrected chi connectivity index (χ0v) is 19.8. The van der Waals surface area contributed by atoms with Crippen LogP contribution in [0.15, 0.2) is 53.4 Å². The van der Waals surface area contributed by atoms with Gasteiger partial charge < -0.3 is 10.6 Å². The van der Waals surface area contributed by atoms with Crippen molar-refractivity contribution in [2.45, 2.75) is 44.6 Å². The number of sulfonamides is 1. The van der Waals surface area contributed by atoms with E-state index in [4.69, 9.17) is 0 Å². The van der Waals surface area contributed by atoms with Crippen LogP contribution in [0.2, 0.25) is 0 Å². The van der Waals surface area contributed by atoms with E-state index in [0.29, 0.717) is 5.92 Å². The molecule has 1 unspecified atom stereocenters. The molecule has 1 saturated heterocycles. The van der Waals surface area contributed by atoms with Crippen LogP contribution in [-0.4, -0.2) is 44.2 Å². The number of benzene rings is 2. The predicted molar refractivity (Wildman–Crippen MR) is 124 cm³/mol. The van der Waals surface area contributed by atoms with Crippen molar-refractivity contribution in [2.24, 2.45) is 5.92 Å². The number of carbonyl (C=O) groups excluding carboxylic acids is 2. The minimum Gasteiger partial charge on any atom is -0.354 e. The van der Waals surface area contributed by atoms with Gasteiger partial charge >= 0.3 is 0 Å². The molecule has 0 spiro atoms. The van der Waals surface area contributed by atoms with Gasteiger partial charge in [-0.25, -0.2) is 8.42 Å². The van der Waals surface area contributed by atoms with Crippen molar-refractivity contribution in [3.63, 3.8) is 0 Å². The monoisotopic (exact) mass is 457 g/mol. The van der Waals surface area contributed by atoms with Crippen LogP contribution in [0.1, 0.15) is 61.1 Å². The van der Waals surface area contributed by atoms with Crippen LogP contribution in [0.3, 0.4) is 0 Å². The van der Waals surface area contributed by atoms with Gasteiger partial charge in [-0.2, -0.15) is 4.31 Å². The van der Waals surface area contributed by atoms with Crippen LogP contribution in [0.25, 0.3) is 0 Å². The Balaban J connectivity index is 1.81. The fraction of sp³-hybridized carbons (Fsp3) is 0.417. The number of amides is 2. The molecule has 2 aromatic carbocycles. The van der Waals surface area contributed by atoms with Gasteiger partial charge in [0.25, 0.3) is 5.91 Å². The highest BCUT2D eigenvalue weighted by Gasteiger charge is 2.30. The minimum atomic E-state index is -3.87. The number of rotatable bonds is 7. The van der Waals surface area contributed by atoms with Gasteiger partial charge in [-0.05, 0) is 41.2 Å². The highest BCUT2D eigenvalue weighted by atomic mass is 32.2. The standard InChI is InChI=1S/C24H31N3O4S/c1-16(2)18-8-10-19(11-9-18)23(17(3)4)26-24(29)20-6-5-7-21(14-20)32(30,31)27-13-12-25-22(28)15-27/h5-11,14,16-17,23H,12-13,15H2,1-4H3,(H,25,28)(H,26,29). The van der Waals surface area contributed by atoms with Gasteiger partial charge in [-0.3, -0.25) is 9.59 Å². The molecule has 2 aromatic rings. The van der Waals surface area contributed by atoms with E-state index in [0.717, 1.165) is 9.87 Å². The lowest BCUT2D eigenvalue weighted by molar-refractivity contribution is -0.122. The summed E-state index contributed by atoms with van der Waals surface area (Å²) in [7, 11) is -3.87. The van der Waals surface area contributed by atoms with Gasteiger partial charge in [0, 0.05) is 18.7 Å². The van der Waals surface area contributed by atoms with Gasteiger partial charge in [-0.1, -0.05) is 58.0 Å². The van der Waals surface area contributed by atoms with Crippen LogP contribution in [0.5, 0.6) is 0 Å². The van der Waals surface area contributed by atoms with Crippen molar-refractivity contribution >= 4 is 21.8 Å². The topological polar surface area (TPSA) is 95.6 Å². The first-order valence-electron chi connectivity index (χ1n) is 10.9. The second kappa shape index (κ2) is 9.83. The van der Waals surface area contributed by atoms with E-state index in [9.17, 15) is 18.0 Å². The molecule has 1 fully saturated rings. The summed E-state index contributed by atoms with van der Waals surface area (Å²) in [5, 5.41) is 5.66. The molecule has 172 valence electrons. The maximum absolute atomic E-state index is 13.0. The van der Waals surface area contributed by atoms with E-state index in [2.05, 4.69) is 36.6 Å². The summed E-state index contributed by atoms with van der Waals surface area (Å²) in [6.07, 6.45) is 0. The molecule has 7 nitrogen and oxygen atoms in total. The number of piperazine rings is 1. The number of carbonyl (C=O) groups is 2. The van der Waals surface area contributed by atoms with E-state index in [1.165, 1.54) is 17.7 Å². The molecular formula is C24H31N3O4S.